The number of piperazine rings is 1. The van der Waals surface area contributed by atoms with E-state index in [1.807, 2.05) is 39.0 Å². The number of imidazole rings is 1. The maximum atomic E-state index is 12.5. The number of nitrogens with zero attached hydrogens (tertiary/aromatic N) is 2. The molecule has 0 radical (unpaired) electrons. The minimum atomic E-state index is -0.372. The monoisotopic (exact) mass is 387 g/mol. The molecule has 0 spiro atoms. The molecule has 3 N–H and O–H groups in total. The number of anilines is 1. The molecule has 0 bridgehead atoms. The fourth-order valence-corrected chi connectivity index (χ4v) is 3.40. The maximum absolute atomic E-state index is 12.5. The molecular weight excluding hydrogens is 358 g/mol. The average molecular weight is 387 g/mol. The fourth-order valence-electron chi connectivity index (χ4n) is 3.40. The van der Waals surface area contributed by atoms with Crippen LogP contribution in [0.15, 0.2) is 29.1 Å². The maximum Gasteiger partial charge on any atom is 0.323 e. The van der Waals surface area contributed by atoms with Crippen LogP contribution in [0.5, 0.6) is 5.75 Å². The van der Waals surface area contributed by atoms with E-state index in [4.69, 9.17) is 4.74 Å². The number of carbonyl (C=O) groups excluding carboxylic acids is 1. The molecule has 2 aromatic rings. The zero-order valence-corrected chi connectivity index (χ0v) is 17.0. The molecule has 1 fully saturated rings. The number of para-hydroxylation sites is 2. The van der Waals surface area contributed by atoms with Gasteiger partial charge in [0.15, 0.2) is 0 Å². The molecule has 8 nitrogen and oxygen atoms in total. The van der Waals surface area contributed by atoms with Crippen LogP contribution in [0, 0.1) is 0 Å². The van der Waals surface area contributed by atoms with Gasteiger partial charge in [-0.3, -0.25) is 9.69 Å². The molecule has 0 aliphatic carbocycles. The van der Waals surface area contributed by atoms with E-state index < -0.39 is 0 Å². The minimum absolute atomic E-state index is 0.270. The highest BCUT2D eigenvalue weighted by Crippen LogP contribution is 2.28. The van der Waals surface area contributed by atoms with Crippen molar-refractivity contribution < 1.29 is 9.53 Å². The van der Waals surface area contributed by atoms with Gasteiger partial charge in [-0.25, -0.2) is 4.79 Å². The number of amides is 1. The second-order valence-corrected chi connectivity index (χ2v) is 8.07. The van der Waals surface area contributed by atoms with Crippen molar-refractivity contribution in [3.63, 3.8) is 0 Å². The summed E-state index contributed by atoms with van der Waals surface area (Å²) < 4.78 is 5.46. The van der Waals surface area contributed by atoms with Crippen molar-refractivity contribution >= 4 is 11.6 Å². The molecule has 8 heteroatoms. The van der Waals surface area contributed by atoms with Gasteiger partial charge >= 0.3 is 5.69 Å². The van der Waals surface area contributed by atoms with Crippen molar-refractivity contribution in [2.75, 3.05) is 38.2 Å². The number of methoxy groups -OCH3 is 1. The third-order valence-corrected chi connectivity index (χ3v) is 4.70. The molecule has 1 aliphatic heterocycles. The molecule has 0 saturated carbocycles. The topological polar surface area (TPSA) is 93.5 Å². The third kappa shape index (κ3) is 4.75. The molecule has 2 heterocycles. The third-order valence-electron chi connectivity index (χ3n) is 4.70. The highest BCUT2D eigenvalue weighted by atomic mass is 16.5. The Morgan fingerprint density at radius 2 is 1.82 bits per heavy atom. The molecule has 1 aromatic carbocycles. The minimum Gasteiger partial charge on any atom is -0.495 e. The first-order valence-corrected chi connectivity index (χ1v) is 9.51. The van der Waals surface area contributed by atoms with E-state index in [-0.39, 0.29) is 17.1 Å². The van der Waals surface area contributed by atoms with Gasteiger partial charge in [-0.2, -0.15) is 0 Å². The lowest BCUT2D eigenvalue weighted by molar-refractivity contribution is 0.0912. The summed E-state index contributed by atoms with van der Waals surface area (Å²) in [6, 6.07) is 8.00. The Bertz CT molecular complexity index is 872. The molecule has 1 amide bonds. The molecule has 1 saturated heterocycles. The molecule has 1 aliphatic rings. The lowest BCUT2D eigenvalue weighted by Crippen LogP contribution is -2.46. The van der Waals surface area contributed by atoms with Crippen molar-refractivity contribution in [3.05, 3.63) is 46.1 Å². The normalized spacial score (nSPS) is 15.5. The highest BCUT2D eigenvalue weighted by Gasteiger charge is 2.24. The Kier molecular flexibility index (Phi) is 5.79. The standard InChI is InChI=1S/C20H29N5O3/c1-20(2,3)23-18(26)17-14(21-19(27)22-17)13-24-9-11-25(12-10-24)15-7-5-6-8-16(15)28-4/h5-8H,9-13H2,1-4H3,(H,23,26)(H2,21,22,27). The number of rotatable bonds is 5. The molecule has 28 heavy (non-hydrogen) atoms. The van der Waals surface area contributed by atoms with E-state index in [9.17, 15) is 9.59 Å². The Morgan fingerprint density at radius 3 is 2.46 bits per heavy atom. The predicted octanol–water partition coefficient (Wildman–Crippen LogP) is 1.56. The van der Waals surface area contributed by atoms with Gasteiger partial charge in [-0.1, -0.05) is 12.1 Å². The summed E-state index contributed by atoms with van der Waals surface area (Å²) in [4.78, 5) is 34.2. The number of aromatic nitrogens is 2. The van der Waals surface area contributed by atoms with Gasteiger partial charge < -0.3 is 24.9 Å². The van der Waals surface area contributed by atoms with Gasteiger partial charge in [-0.05, 0) is 32.9 Å². The zero-order valence-electron chi connectivity index (χ0n) is 17.0. The smallest absolute Gasteiger partial charge is 0.323 e. The summed E-state index contributed by atoms with van der Waals surface area (Å²) in [5.41, 5.74) is 1.29. The van der Waals surface area contributed by atoms with Crippen molar-refractivity contribution in [1.29, 1.82) is 0 Å². The van der Waals surface area contributed by atoms with E-state index in [1.54, 1.807) is 7.11 Å². The lowest BCUT2D eigenvalue weighted by atomic mass is 10.1. The van der Waals surface area contributed by atoms with E-state index in [0.29, 0.717) is 17.9 Å². The lowest BCUT2D eigenvalue weighted by Gasteiger charge is -2.36. The summed E-state index contributed by atoms with van der Waals surface area (Å²) in [6.07, 6.45) is 0. The number of carbonyl (C=O) groups is 1. The quantitative estimate of drug-likeness (QED) is 0.724. The highest BCUT2D eigenvalue weighted by molar-refractivity contribution is 5.93. The van der Waals surface area contributed by atoms with E-state index in [2.05, 4.69) is 31.2 Å². The Hall–Kier alpha value is -2.74. The molecule has 3 rings (SSSR count). The van der Waals surface area contributed by atoms with Crippen molar-refractivity contribution in [2.24, 2.45) is 0 Å². The Morgan fingerprint density at radius 1 is 1.14 bits per heavy atom. The first-order chi connectivity index (χ1) is 13.3. The number of hydrogen-bond acceptors (Lipinski definition) is 5. The molecule has 0 atom stereocenters. The van der Waals surface area contributed by atoms with Crippen LogP contribution >= 0.6 is 0 Å². The van der Waals surface area contributed by atoms with Gasteiger partial charge in [0, 0.05) is 38.3 Å². The van der Waals surface area contributed by atoms with Crippen molar-refractivity contribution in [3.8, 4) is 5.75 Å². The van der Waals surface area contributed by atoms with Gasteiger partial charge in [0.2, 0.25) is 0 Å². The van der Waals surface area contributed by atoms with Crippen LogP contribution in [-0.2, 0) is 6.54 Å². The summed E-state index contributed by atoms with van der Waals surface area (Å²) in [5.74, 6) is 0.598. The van der Waals surface area contributed by atoms with E-state index >= 15 is 0 Å². The molecule has 1 aromatic heterocycles. The van der Waals surface area contributed by atoms with Crippen molar-refractivity contribution in [2.45, 2.75) is 32.9 Å². The van der Waals surface area contributed by atoms with Crippen LogP contribution < -0.4 is 20.6 Å². The van der Waals surface area contributed by atoms with Gasteiger partial charge in [0.05, 0.1) is 18.5 Å². The van der Waals surface area contributed by atoms with Gasteiger partial charge in [-0.15, -0.1) is 0 Å². The Labute approximate surface area is 164 Å². The van der Waals surface area contributed by atoms with Crippen LogP contribution in [0.1, 0.15) is 37.0 Å². The zero-order chi connectivity index (χ0) is 20.3. The molecular formula is C20H29N5O3. The average Bonchev–Trinajstić information content (AvgIpc) is 3.01. The number of benzene rings is 1. The van der Waals surface area contributed by atoms with Crippen LogP contribution in [0.25, 0.3) is 0 Å². The largest absolute Gasteiger partial charge is 0.495 e. The fraction of sp³-hybridized carbons (Fsp3) is 0.500. The first-order valence-electron chi connectivity index (χ1n) is 9.51. The Balaban J connectivity index is 1.65. The molecule has 152 valence electrons. The first kappa shape index (κ1) is 20.0. The number of aromatic amines is 2. The number of ether oxygens (including phenoxy) is 1. The van der Waals surface area contributed by atoms with Crippen LogP contribution in [0.4, 0.5) is 5.69 Å². The van der Waals surface area contributed by atoms with Crippen LogP contribution in [-0.4, -0.2) is 59.6 Å². The summed E-state index contributed by atoms with van der Waals surface area (Å²) in [7, 11) is 1.68. The van der Waals surface area contributed by atoms with Gasteiger partial charge in [0.1, 0.15) is 11.4 Å². The van der Waals surface area contributed by atoms with Crippen molar-refractivity contribution in [1.82, 2.24) is 20.2 Å². The summed E-state index contributed by atoms with van der Waals surface area (Å²) >= 11 is 0. The number of hydrogen-bond donors (Lipinski definition) is 3. The second-order valence-electron chi connectivity index (χ2n) is 8.07. The van der Waals surface area contributed by atoms with Crippen LogP contribution in [0.2, 0.25) is 0 Å². The van der Waals surface area contributed by atoms with E-state index in [1.165, 1.54) is 0 Å². The number of nitrogens with one attached hydrogen (secondary N) is 3. The van der Waals surface area contributed by atoms with Crippen LogP contribution in [0.3, 0.4) is 0 Å². The second kappa shape index (κ2) is 8.10. The van der Waals surface area contributed by atoms with Gasteiger partial charge in [0.25, 0.3) is 5.91 Å². The van der Waals surface area contributed by atoms with E-state index in [0.717, 1.165) is 37.6 Å². The predicted molar refractivity (Wildman–Crippen MR) is 109 cm³/mol. The molecule has 0 unspecified atom stereocenters. The summed E-state index contributed by atoms with van der Waals surface area (Å²) in [6.45, 7) is 9.59. The number of H-pyrrole nitrogens is 2. The summed E-state index contributed by atoms with van der Waals surface area (Å²) in [5, 5.41) is 2.90. The SMILES string of the molecule is COc1ccccc1N1CCN(Cc2[nH]c(=O)[nH]c2C(=O)NC(C)(C)C)CC1.